The number of hydrogen-bond donors (Lipinski definition) is 1. The normalized spacial score (nSPS) is 12.8. The largest absolute Gasteiger partial charge is 0.320 e. The molecule has 2 heterocycles. The van der Waals surface area contributed by atoms with Crippen molar-refractivity contribution >= 4 is 5.52 Å². The van der Waals surface area contributed by atoms with Crippen LogP contribution in [0.2, 0.25) is 0 Å². The second-order valence-corrected chi connectivity index (χ2v) is 4.62. The lowest BCUT2D eigenvalue weighted by Crippen LogP contribution is -2.12. The van der Waals surface area contributed by atoms with E-state index in [1.807, 2.05) is 30.5 Å². The highest BCUT2D eigenvalue weighted by Crippen LogP contribution is 2.24. The van der Waals surface area contributed by atoms with Gasteiger partial charge in [0, 0.05) is 11.8 Å². The van der Waals surface area contributed by atoms with E-state index in [0.29, 0.717) is 5.56 Å². The molecule has 1 atom stereocenters. The second-order valence-electron chi connectivity index (χ2n) is 4.62. The molecule has 19 heavy (non-hydrogen) atoms. The zero-order chi connectivity index (χ0) is 13.4. The van der Waals surface area contributed by atoms with Crippen LogP contribution < -0.4 is 5.73 Å². The molecule has 1 aromatic carbocycles. The van der Waals surface area contributed by atoms with Gasteiger partial charge in [0.15, 0.2) is 0 Å². The Morgan fingerprint density at radius 2 is 2.11 bits per heavy atom. The molecule has 0 radical (unpaired) electrons. The zero-order valence-electron chi connectivity index (χ0n) is 10.5. The summed E-state index contributed by atoms with van der Waals surface area (Å²) in [6.07, 6.45) is 3.60. The molecule has 0 saturated carbocycles. The highest BCUT2D eigenvalue weighted by molar-refractivity contribution is 5.57. The first-order chi connectivity index (χ1) is 9.16. The van der Waals surface area contributed by atoms with Crippen LogP contribution in [0.3, 0.4) is 0 Å². The summed E-state index contributed by atoms with van der Waals surface area (Å²) >= 11 is 0. The quantitative estimate of drug-likeness (QED) is 0.765. The summed E-state index contributed by atoms with van der Waals surface area (Å²) in [7, 11) is 0. The average molecular weight is 255 g/mol. The molecule has 2 N–H and O–H groups in total. The van der Waals surface area contributed by atoms with E-state index in [4.69, 9.17) is 5.73 Å². The summed E-state index contributed by atoms with van der Waals surface area (Å²) in [5, 5.41) is 4.25. The van der Waals surface area contributed by atoms with Crippen molar-refractivity contribution in [1.29, 1.82) is 0 Å². The van der Waals surface area contributed by atoms with Gasteiger partial charge in [0.05, 0.1) is 17.8 Å². The van der Waals surface area contributed by atoms with E-state index in [0.717, 1.165) is 16.6 Å². The van der Waals surface area contributed by atoms with Crippen molar-refractivity contribution in [2.45, 2.75) is 13.0 Å². The van der Waals surface area contributed by atoms with Crippen LogP contribution in [-0.4, -0.2) is 9.61 Å². The smallest absolute Gasteiger partial charge is 0.126 e. The van der Waals surface area contributed by atoms with Crippen molar-refractivity contribution in [2.24, 2.45) is 5.73 Å². The molecule has 0 aliphatic rings. The predicted molar refractivity (Wildman–Crippen MR) is 72.4 cm³/mol. The highest BCUT2D eigenvalue weighted by Gasteiger charge is 2.15. The van der Waals surface area contributed by atoms with Gasteiger partial charge in [-0.2, -0.15) is 5.10 Å². The Balaban J connectivity index is 2.08. The molecule has 0 amide bonds. The second kappa shape index (κ2) is 4.48. The van der Waals surface area contributed by atoms with Crippen LogP contribution in [0.5, 0.6) is 0 Å². The van der Waals surface area contributed by atoms with E-state index < -0.39 is 0 Å². The molecule has 3 aromatic rings. The Morgan fingerprint density at radius 3 is 2.89 bits per heavy atom. The first-order valence-electron chi connectivity index (χ1n) is 6.11. The van der Waals surface area contributed by atoms with Gasteiger partial charge in [-0.05, 0) is 36.2 Å². The van der Waals surface area contributed by atoms with Crippen LogP contribution in [0, 0.1) is 12.7 Å². The molecular formula is C15H14FN3. The number of aromatic nitrogens is 2. The SMILES string of the molecule is Cc1ccc(C(N)c2cnn3ccccc23)cc1F. The Bertz CT molecular complexity index is 733. The van der Waals surface area contributed by atoms with E-state index in [1.165, 1.54) is 6.07 Å². The van der Waals surface area contributed by atoms with Crippen LogP contribution in [0.4, 0.5) is 4.39 Å². The Morgan fingerprint density at radius 1 is 1.26 bits per heavy atom. The minimum Gasteiger partial charge on any atom is -0.320 e. The molecule has 0 spiro atoms. The predicted octanol–water partition coefficient (Wildman–Crippen LogP) is 2.83. The molecule has 0 saturated heterocycles. The maximum Gasteiger partial charge on any atom is 0.126 e. The number of halogens is 1. The summed E-state index contributed by atoms with van der Waals surface area (Å²) in [5.41, 5.74) is 9.43. The lowest BCUT2D eigenvalue weighted by atomic mass is 9.99. The number of benzene rings is 1. The van der Waals surface area contributed by atoms with Gasteiger partial charge in [0.2, 0.25) is 0 Å². The molecular weight excluding hydrogens is 241 g/mol. The van der Waals surface area contributed by atoms with Crippen LogP contribution >= 0.6 is 0 Å². The first-order valence-corrected chi connectivity index (χ1v) is 6.11. The fraction of sp³-hybridized carbons (Fsp3) is 0.133. The summed E-state index contributed by atoms with van der Waals surface area (Å²) in [5.74, 6) is -0.232. The molecule has 0 bridgehead atoms. The number of fused-ring (bicyclic) bond motifs is 1. The van der Waals surface area contributed by atoms with Crippen LogP contribution in [0.15, 0.2) is 48.8 Å². The van der Waals surface area contributed by atoms with Crippen molar-refractivity contribution in [1.82, 2.24) is 9.61 Å². The van der Waals surface area contributed by atoms with Gasteiger partial charge in [-0.1, -0.05) is 18.2 Å². The molecule has 0 fully saturated rings. The van der Waals surface area contributed by atoms with Crippen LogP contribution in [-0.2, 0) is 0 Å². The number of nitrogens with zero attached hydrogens (tertiary/aromatic N) is 2. The summed E-state index contributed by atoms with van der Waals surface area (Å²) in [6, 6.07) is 10.5. The van der Waals surface area contributed by atoms with E-state index in [-0.39, 0.29) is 11.9 Å². The van der Waals surface area contributed by atoms with Gasteiger partial charge in [-0.25, -0.2) is 8.91 Å². The maximum absolute atomic E-state index is 13.6. The topological polar surface area (TPSA) is 43.3 Å². The molecule has 0 aliphatic carbocycles. The fourth-order valence-electron chi connectivity index (χ4n) is 2.18. The lowest BCUT2D eigenvalue weighted by Gasteiger charge is -2.11. The summed E-state index contributed by atoms with van der Waals surface area (Å²) in [4.78, 5) is 0. The molecule has 4 heteroatoms. The van der Waals surface area contributed by atoms with Gasteiger partial charge in [0.1, 0.15) is 5.82 Å². The standard InChI is InChI=1S/C15H14FN3/c1-10-5-6-11(8-13(10)16)15(17)12-9-18-19-7-3-2-4-14(12)19/h2-9,15H,17H2,1H3. The van der Waals surface area contributed by atoms with Crippen molar-refractivity contribution in [3.63, 3.8) is 0 Å². The molecule has 96 valence electrons. The number of aryl methyl sites for hydroxylation is 1. The number of nitrogens with two attached hydrogens (primary N) is 1. The summed E-state index contributed by atoms with van der Waals surface area (Å²) < 4.78 is 15.4. The van der Waals surface area contributed by atoms with Crippen molar-refractivity contribution in [2.75, 3.05) is 0 Å². The van der Waals surface area contributed by atoms with E-state index in [9.17, 15) is 4.39 Å². The fourth-order valence-corrected chi connectivity index (χ4v) is 2.18. The van der Waals surface area contributed by atoms with Crippen LogP contribution in [0.1, 0.15) is 22.7 Å². The van der Waals surface area contributed by atoms with Gasteiger partial charge < -0.3 is 5.73 Å². The number of rotatable bonds is 2. The third kappa shape index (κ3) is 2.00. The molecule has 0 aliphatic heterocycles. The van der Waals surface area contributed by atoms with Gasteiger partial charge in [-0.15, -0.1) is 0 Å². The highest BCUT2D eigenvalue weighted by atomic mass is 19.1. The van der Waals surface area contributed by atoms with Gasteiger partial charge >= 0.3 is 0 Å². The van der Waals surface area contributed by atoms with Crippen LogP contribution in [0.25, 0.3) is 5.52 Å². The molecule has 3 nitrogen and oxygen atoms in total. The molecule has 2 aromatic heterocycles. The van der Waals surface area contributed by atoms with E-state index in [2.05, 4.69) is 5.10 Å². The van der Waals surface area contributed by atoms with Crippen molar-refractivity contribution < 1.29 is 4.39 Å². The minimum atomic E-state index is -0.380. The number of pyridine rings is 1. The average Bonchev–Trinajstić information content (AvgIpc) is 2.85. The van der Waals surface area contributed by atoms with Gasteiger partial charge in [-0.3, -0.25) is 0 Å². The summed E-state index contributed by atoms with van der Waals surface area (Å²) in [6.45, 7) is 1.74. The number of hydrogen-bond acceptors (Lipinski definition) is 2. The Hall–Kier alpha value is -2.20. The van der Waals surface area contributed by atoms with Gasteiger partial charge in [0.25, 0.3) is 0 Å². The maximum atomic E-state index is 13.6. The van der Waals surface area contributed by atoms with E-state index in [1.54, 1.807) is 23.7 Å². The van der Waals surface area contributed by atoms with Crippen molar-refractivity contribution in [3.05, 3.63) is 71.3 Å². The minimum absolute atomic E-state index is 0.232. The first kappa shape index (κ1) is 11.9. The monoisotopic (exact) mass is 255 g/mol. The molecule has 3 rings (SSSR count). The Labute approximate surface area is 110 Å². The third-order valence-electron chi connectivity index (χ3n) is 3.35. The zero-order valence-corrected chi connectivity index (χ0v) is 10.5. The molecule has 1 unspecified atom stereocenters. The Kier molecular flexibility index (Phi) is 2.80. The van der Waals surface area contributed by atoms with Crippen molar-refractivity contribution in [3.8, 4) is 0 Å². The third-order valence-corrected chi connectivity index (χ3v) is 3.35. The lowest BCUT2D eigenvalue weighted by molar-refractivity contribution is 0.614. The van der Waals surface area contributed by atoms with E-state index >= 15 is 0 Å².